The van der Waals surface area contributed by atoms with Gasteiger partial charge >= 0.3 is 6.09 Å². The zero-order valence-corrected chi connectivity index (χ0v) is 17.2. The van der Waals surface area contributed by atoms with Crippen molar-refractivity contribution < 1.29 is 9.53 Å². The number of amides is 1. The molecule has 0 unspecified atom stereocenters. The smallest absolute Gasteiger partial charge is 0.418 e. The predicted molar refractivity (Wildman–Crippen MR) is 114 cm³/mol. The monoisotopic (exact) mass is 403 g/mol. The average molecular weight is 403 g/mol. The largest absolute Gasteiger partial charge is 0.444 e. The summed E-state index contributed by atoms with van der Waals surface area (Å²) in [6, 6.07) is 13.7. The Morgan fingerprint density at radius 3 is 2.77 bits per heavy atom. The highest BCUT2D eigenvalue weighted by atomic mass is 16.6. The molecule has 0 aliphatic carbocycles. The Morgan fingerprint density at radius 2 is 2.03 bits per heavy atom. The fourth-order valence-corrected chi connectivity index (χ4v) is 3.58. The van der Waals surface area contributed by atoms with Crippen LogP contribution in [0.2, 0.25) is 0 Å². The van der Waals surface area contributed by atoms with E-state index in [-0.39, 0.29) is 12.7 Å². The molecule has 8 nitrogen and oxygen atoms in total. The Balaban J connectivity index is 1.68. The first-order valence-electron chi connectivity index (χ1n) is 9.74. The summed E-state index contributed by atoms with van der Waals surface area (Å²) in [5, 5.41) is 12.0. The molecule has 3 aromatic rings. The van der Waals surface area contributed by atoms with E-state index >= 15 is 0 Å². The van der Waals surface area contributed by atoms with E-state index in [0.29, 0.717) is 18.9 Å². The van der Waals surface area contributed by atoms with Crippen LogP contribution in [-0.4, -0.2) is 38.6 Å². The molecule has 4 rings (SSSR count). The van der Waals surface area contributed by atoms with Gasteiger partial charge in [0.2, 0.25) is 0 Å². The van der Waals surface area contributed by atoms with Crippen molar-refractivity contribution in [3.05, 3.63) is 71.1 Å². The van der Waals surface area contributed by atoms with Gasteiger partial charge in [-0.3, -0.25) is 0 Å². The van der Waals surface area contributed by atoms with Gasteiger partial charge in [0.1, 0.15) is 19.4 Å². The lowest BCUT2D eigenvalue weighted by atomic mass is 9.99. The van der Waals surface area contributed by atoms with E-state index in [4.69, 9.17) is 4.74 Å². The second kappa shape index (κ2) is 8.36. The number of benzene rings is 2. The number of ether oxygens (including phenoxy) is 1. The van der Waals surface area contributed by atoms with E-state index in [2.05, 4.69) is 26.5 Å². The van der Waals surface area contributed by atoms with Gasteiger partial charge in [-0.2, -0.15) is 4.80 Å². The summed E-state index contributed by atoms with van der Waals surface area (Å²) in [6.07, 6.45) is 2.20. The number of hydrogen-bond acceptors (Lipinski definition) is 6. The summed E-state index contributed by atoms with van der Waals surface area (Å²) in [5.41, 5.74) is 5.49. The molecule has 1 aliphatic heterocycles. The minimum absolute atomic E-state index is 0.223. The molecule has 0 spiro atoms. The highest BCUT2D eigenvalue weighted by Gasteiger charge is 2.31. The van der Waals surface area contributed by atoms with Crippen LogP contribution in [0.25, 0.3) is 0 Å². The lowest BCUT2D eigenvalue weighted by Crippen LogP contribution is -2.33. The molecule has 2 heterocycles. The maximum absolute atomic E-state index is 13.0. The van der Waals surface area contributed by atoms with Crippen molar-refractivity contribution in [3.8, 4) is 0 Å². The molecular weight excluding hydrogens is 380 g/mol. The van der Waals surface area contributed by atoms with E-state index in [9.17, 15) is 4.79 Å². The van der Waals surface area contributed by atoms with Crippen LogP contribution in [0.4, 0.5) is 16.4 Å². The van der Waals surface area contributed by atoms with E-state index in [0.717, 1.165) is 33.7 Å². The minimum atomic E-state index is -0.387. The molecule has 1 aliphatic rings. The summed E-state index contributed by atoms with van der Waals surface area (Å²) >= 11 is 0. The molecule has 2 aromatic carbocycles. The summed E-state index contributed by atoms with van der Waals surface area (Å²) in [6.45, 7) is 4.67. The van der Waals surface area contributed by atoms with Crippen molar-refractivity contribution in [3.63, 3.8) is 0 Å². The highest BCUT2D eigenvalue weighted by molar-refractivity contribution is 6.10. The van der Waals surface area contributed by atoms with Gasteiger partial charge < -0.3 is 4.74 Å². The standard InChI is InChI=1S/C22H23N6O2/c1-15-12-16(2)20-18(13-15)19(23-21-24-26-27(3)25-21)10-7-11-28(20)22(29)30-14-17-8-5-4-6-9-17/h4-9,12-13H,10-11,14H2,1-3H3/q+1. The third kappa shape index (κ3) is 4.17. The molecule has 8 heteroatoms. The van der Waals surface area contributed by atoms with Crippen LogP contribution in [0.15, 0.2) is 47.5 Å². The van der Waals surface area contributed by atoms with Crippen LogP contribution in [0, 0.1) is 20.3 Å². The Morgan fingerprint density at radius 1 is 1.23 bits per heavy atom. The molecule has 0 fully saturated rings. The first-order valence-corrected chi connectivity index (χ1v) is 9.74. The van der Waals surface area contributed by atoms with Gasteiger partial charge in [-0.25, -0.2) is 14.7 Å². The average Bonchev–Trinajstić information content (AvgIpc) is 3.05. The van der Waals surface area contributed by atoms with Gasteiger partial charge in [0.15, 0.2) is 6.54 Å². The molecule has 30 heavy (non-hydrogen) atoms. The third-order valence-electron chi connectivity index (χ3n) is 4.83. The van der Waals surface area contributed by atoms with E-state index < -0.39 is 0 Å². The first-order chi connectivity index (χ1) is 14.5. The molecule has 1 aromatic heterocycles. The second-order valence-electron chi connectivity index (χ2n) is 7.26. The Hall–Kier alpha value is -3.68. The van der Waals surface area contributed by atoms with Gasteiger partial charge in [0.05, 0.1) is 18.4 Å². The number of rotatable bonds is 3. The molecule has 0 atom stereocenters. The normalized spacial score (nSPS) is 14.8. The minimum Gasteiger partial charge on any atom is -0.444 e. The van der Waals surface area contributed by atoms with Crippen molar-refractivity contribution in [1.29, 1.82) is 0 Å². The van der Waals surface area contributed by atoms with Crippen molar-refractivity contribution >= 4 is 23.4 Å². The van der Waals surface area contributed by atoms with Crippen molar-refractivity contribution in [2.75, 3.05) is 11.4 Å². The van der Waals surface area contributed by atoms with Crippen molar-refractivity contribution in [2.45, 2.75) is 26.9 Å². The molecule has 0 saturated heterocycles. The topological polar surface area (TPSA) is 85.5 Å². The van der Waals surface area contributed by atoms with Gasteiger partial charge in [0.25, 0.3) is 5.95 Å². The molecule has 0 saturated carbocycles. The Labute approximate surface area is 175 Å². The molecular formula is C22H23N6O2+. The second-order valence-corrected chi connectivity index (χ2v) is 7.26. The number of carbonyl (C=O) groups is 1. The number of anilines is 1. The van der Waals surface area contributed by atoms with Crippen LogP contribution in [-0.2, 0) is 18.4 Å². The maximum atomic E-state index is 13.0. The van der Waals surface area contributed by atoms with Crippen molar-refractivity contribution in [2.24, 2.45) is 12.0 Å². The fraction of sp³-hybridized carbons (Fsp3) is 0.273. The van der Waals surface area contributed by atoms with E-state index in [1.54, 1.807) is 11.9 Å². The van der Waals surface area contributed by atoms with Crippen molar-refractivity contribution in [1.82, 2.24) is 20.2 Å². The lowest BCUT2D eigenvalue weighted by Gasteiger charge is -2.22. The number of nitrogens with zero attached hydrogens (tertiary/aromatic N) is 6. The summed E-state index contributed by atoms with van der Waals surface area (Å²) in [7, 11) is 1.70. The predicted octanol–water partition coefficient (Wildman–Crippen LogP) is 3.70. The number of carbonyl (C=O) groups excluding carboxylic acids is 1. The summed E-state index contributed by atoms with van der Waals surface area (Å²) in [5.74, 6) is 0.297. The summed E-state index contributed by atoms with van der Waals surface area (Å²) < 4.78 is 5.61. The van der Waals surface area contributed by atoms with Crippen LogP contribution < -0.4 is 4.90 Å². The van der Waals surface area contributed by atoms with Crippen LogP contribution >= 0.6 is 0 Å². The van der Waals surface area contributed by atoms with Gasteiger partial charge in [-0.05, 0) is 36.3 Å². The zero-order chi connectivity index (χ0) is 21.1. The van der Waals surface area contributed by atoms with E-state index in [1.165, 1.54) is 4.80 Å². The summed E-state index contributed by atoms with van der Waals surface area (Å²) in [4.78, 5) is 20.6. The Bertz CT molecular complexity index is 1090. The number of fused-ring (bicyclic) bond motifs is 1. The van der Waals surface area contributed by atoms with E-state index in [1.807, 2.05) is 56.7 Å². The molecule has 0 bridgehead atoms. The number of aryl methyl sites for hydroxylation is 3. The number of aliphatic imine (C=N–C) groups is 1. The zero-order valence-electron chi connectivity index (χ0n) is 17.2. The number of aromatic nitrogens is 4. The molecule has 0 N–H and O–H groups in total. The number of hydrogen-bond donors (Lipinski definition) is 0. The Kier molecular flexibility index (Phi) is 5.47. The van der Waals surface area contributed by atoms with Gasteiger partial charge in [0, 0.05) is 5.56 Å². The van der Waals surface area contributed by atoms with Crippen LogP contribution in [0.5, 0.6) is 0 Å². The van der Waals surface area contributed by atoms with Crippen LogP contribution in [0.1, 0.15) is 28.7 Å². The molecule has 0 radical (unpaired) electrons. The third-order valence-corrected chi connectivity index (χ3v) is 4.83. The first kappa shape index (κ1) is 19.6. The molecule has 152 valence electrons. The lowest BCUT2D eigenvalue weighted by molar-refractivity contribution is 0.147. The van der Waals surface area contributed by atoms with Crippen LogP contribution in [0.3, 0.4) is 0 Å². The SMILES string of the molecule is Cc1cc(C)c2c(c1)C(=Nc1nnn(C)n1)C[CH+]CN2C(=O)OCc1ccccc1. The maximum Gasteiger partial charge on any atom is 0.418 e. The fourth-order valence-electron chi connectivity index (χ4n) is 3.58. The quantitative estimate of drug-likeness (QED) is 0.623. The van der Waals surface area contributed by atoms with Gasteiger partial charge in [-0.15, -0.1) is 5.10 Å². The number of tetrazole rings is 1. The molecule has 1 amide bonds. The van der Waals surface area contributed by atoms with Gasteiger partial charge in [-0.1, -0.05) is 47.1 Å². The highest BCUT2D eigenvalue weighted by Crippen LogP contribution is 2.32.